The van der Waals surface area contributed by atoms with E-state index in [4.69, 9.17) is 9.02 Å². The molecule has 0 saturated carbocycles. The van der Waals surface area contributed by atoms with Crippen molar-refractivity contribution in [2.45, 2.75) is 13.3 Å². The molecule has 0 heterocycles. The highest BCUT2D eigenvalue weighted by atomic mass is 32.2. The van der Waals surface area contributed by atoms with E-state index in [1.807, 2.05) is 54.6 Å². The number of anilines is 3. The Labute approximate surface area is 141 Å². The minimum absolute atomic E-state index is 0.519. The summed E-state index contributed by atoms with van der Waals surface area (Å²) in [7, 11) is 0. The molecule has 0 spiro atoms. The molecule has 0 saturated heterocycles. The zero-order valence-electron chi connectivity index (χ0n) is 13.2. The van der Waals surface area contributed by atoms with Crippen LogP contribution in [0.5, 0.6) is 0 Å². The Kier molecular flexibility index (Phi) is 8.18. The summed E-state index contributed by atoms with van der Waals surface area (Å²) in [6, 6.07) is 18.0. The molecule has 0 atom stereocenters. The molecule has 0 amide bonds. The fourth-order valence-electron chi connectivity index (χ4n) is 1.80. The molecular weight excluding hydrogens is 310 g/mol. The van der Waals surface area contributed by atoms with Crippen molar-refractivity contribution in [3.8, 4) is 0 Å². The SMILES string of the molecule is CCCOCSONc1ccc(NCNc2ccccc2)cc1. The van der Waals surface area contributed by atoms with Gasteiger partial charge in [0.05, 0.1) is 24.4 Å². The lowest BCUT2D eigenvalue weighted by molar-refractivity contribution is 0.179. The number of hydrogen-bond donors (Lipinski definition) is 3. The molecule has 124 valence electrons. The third kappa shape index (κ3) is 7.27. The smallest absolute Gasteiger partial charge is 0.121 e. The third-order valence-electron chi connectivity index (χ3n) is 2.94. The average molecular weight is 333 g/mol. The first-order valence-corrected chi connectivity index (χ1v) is 8.54. The van der Waals surface area contributed by atoms with E-state index in [2.05, 4.69) is 23.0 Å². The number of rotatable bonds is 11. The summed E-state index contributed by atoms with van der Waals surface area (Å²) in [5, 5.41) is 6.60. The van der Waals surface area contributed by atoms with Crippen LogP contribution in [0.3, 0.4) is 0 Å². The zero-order valence-corrected chi connectivity index (χ0v) is 14.1. The number of ether oxygens (including phenoxy) is 1. The number of para-hydroxylation sites is 1. The van der Waals surface area contributed by atoms with Crippen molar-refractivity contribution in [1.29, 1.82) is 0 Å². The van der Waals surface area contributed by atoms with Crippen LogP contribution >= 0.6 is 12.0 Å². The predicted octanol–water partition coefficient (Wildman–Crippen LogP) is 4.54. The molecule has 0 aliphatic heterocycles. The molecule has 0 aromatic heterocycles. The molecule has 2 aromatic carbocycles. The molecule has 0 fully saturated rings. The van der Waals surface area contributed by atoms with E-state index in [0.29, 0.717) is 12.6 Å². The highest BCUT2D eigenvalue weighted by molar-refractivity contribution is 7.94. The summed E-state index contributed by atoms with van der Waals surface area (Å²) in [6.45, 7) is 3.50. The standard InChI is InChI=1S/C17H23N3O2S/c1-2-12-21-14-23-22-20-17-10-8-16(9-11-17)19-13-18-15-6-4-3-5-7-15/h3-11,18-20H,2,12-14H2,1H3. The van der Waals surface area contributed by atoms with Gasteiger partial charge >= 0.3 is 0 Å². The van der Waals surface area contributed by atoms with Crippen LogP contribution in [0.4, 0.5) is 17.1 Å². The Balaban J connectivity index is 1.62. The van der Waals surface area contributed by atoms with Crippen molar-refractivity contribution in [1.82, 2.24) is 0 Å². The van der Waals surface area contributed by atoms with E-state index < -0.39 is 0 Å². The van der Waals surface area contributed by atoms with E-state index in [0.717, 1.165) is 30.1 Å². The Morgan fingerprint density at radius 1 is 0.870 bits per heavy atom. The van der Waals surface area contributed by atoms with Crippen LogP contribution in [0.25, 0.3) is 0 Å². The fraction of sp³-hybridized carbons (Fsp3) is 0.294. The van der Waals surface area contributed by atoms with Gasteiger partial charge in [-0.05, 0) is 42.8 Å². The molecule has 0 unspecified atom stereocenters. The molecule has 0 aliphatic rings. The summed E-state index contributed by atoms with van der Waals surface area (Å²) in [6.07, 6.45) is 1.02. The van der Waals surface area contributed by atoms with Crippen LogP contribution in [0.1, 0.15) is 13.3 Å². The van der Waals surface area contributed by atoms with Crippen molar-refractivity contribution in [3.05, 3.63) is 54.6 Å². The van der Waals surface area contributed by atoms with Crippen molar-refractivity contribution < 1.29 is 9.02 Å². The normalized spacial score (nSPS) is 10.3. The van der Waals surface area contributed by atoms with Crippen molar-refractivity contribution in [3.63, 3.8) is 0 Å². The van der Waals surface area contributed by atoms with Crippen LogP contribution in [-0.4, -0.2) is 19.2 Å². The van der Waals surface area contributed by atoms with Gasteiger partial charge in [0.25, 0.3) is 0 Å². The average Bonchev–Trinajstić information content (AvgIpc) is 2.60. The summed E-state index contributed by atoms with van der Waals surface area (Å²) in [5.74, 6) is 0.519. The number of hydrogen-bond acceptors (Lipinski definition) is 6. The first kappa shape index (κ1) is 17.5. The maximum absolute atomic E-state index is 5.30. The minimum atomic E-state index is 0.519. The van der Waals surface area contributed by atoms with Crippen LogP contribution in [0.2, 0.25) is 0 Å². The lowest BCUT2D eigenvalue weighted by Gasteiger charge is -2.10. The molecule has 2 rings (SSSR count). The van der Waals surface area contributed by atoms with Gasteiger partial charge in [-0.15, -0.1) is 0 Å². The number of benzene rings is 2. The molecule has 23 heavy (non-hydrogen) atoms. The molecule has 0 bridgehead atoms. The van der Waals surface area contributed by atoms with E-state index in [-0.39, 0.29) is 0 Å². The quantitative estimate of drug-likeness (QED) is 0.243. The van der Waals surface area contributed by atoms with Crippen LogP contribution in [-0.2, 0) is 9.02 Å². The largest absolute Gasteiger partial charge is 0.368 e. The lowest BCUT2D eigenvalue weighted by Crippen LogP contribution is -2.11. The second-order valence-corrected chi connectivity index (χ2v) is 5.44. The Bertz CT molecular complexity index is 537. The second-order valence-electron chi connectivity index (χ2n) is 4.80. The van der Waals surface area contributed by atoms with Gasteiger partial charge < -0.3 is 15.4 Å². The molecule has 0 aliphatic carbocycles. The van der Waals surface area contributed by atoms with Gasteiger partial charge in [0.1, 0.15) is 5.94 Å². The monoisotopic (exact) mass is 333 g/mol. The highest BCUT2D eigenvalue weighted by Gasteiger charge is 1.95. The molecular formula is C17H23N3O2S. The molecule has 3 N–H and O–H groups in total. The van der Waals surface area contributed by atoms with Gasteiger partial charge in [-0.3, -0.25) is 5.48 Å². The Hall–Kier alpha value is -1.89. The minimum Gasteiger partial charge on any atom is -0.368 e. The van der Waals surface area contributed by atoms with Gasteiger partial charge in [-0.2, -0.15) is 0 Å². The number of nitrogens with one attached hydrogen (secondary N) is 3. The molecule has 0 radical (unpaired) electrons. The van der Waals surface area contributed by atoms with Gasteiger partial charge in [0.15, 0.2) is 0 Å². The predicted molar refractivity (Wildman–Crippen MR) is 98.4 cm³/mol. The highest BCUT2D eigenvalue weighted by Crippen LogP contribution is 2.15. The maximum atomic E-state index is 5.30. The zero-order chi connectivity index (χ0) is 16.2. The fourth-order valence-corrected chi connectivity index (χ4v) is 2.19. The van der Waals surface area contributed by atoms with E-state index in [9.17, 15) is 0 Å². The summed E-state index contributed by atoms with van der Waals surface area (Å²) in [4.78, 5) is 0. The molecule has 5 nitrogen and oxygen atoms in total. The van der Waals surface area contributed by atoms with Crippen LogP contribution < -0.4 is 16.1 Å². The molecule has 2 aromatic rings. The van der Waals surface area contributed by atoms with Gasteiger partial charge in [0.2, 0.25) is 0 Å². The summed E-state index contributed by atoms with van der Waals surface area (Å²) in [5.41, 5.74) is 5.90. The first-order valence-electron chi connectivity index (χ1n) is 7.63. The van der Waals surface area contributed by atoms with Crippen molar-refractivity contribution in [2.24, 2.45) is 0 Å². The Morgan fingerprint density at radius 2 is 1.52 bits per heavy atom. The van der Waals surface area contributed by atoms with Crippen LogP contribution in [0.15, 0.2) is 54.6 Å². The van der Waals surface area contributed by atoms with Gasteiger partial charge in [-0.25, -0.2) is 4.28 Å². The van der Waals surface area contributed by atoms with Crippen LogP contribution in [0, 0.1) is 0 Å². The topological polar surface area (TPSA) is 54.6 Å². The third-order valence-corrected chi connectivity index (χ3v) is 3.41. The summed E-state index contributed by atoms with van der Waals surface area (Å²) >= 11 is 1.24. The molecule has 6 heteroatoms. The maximum Gasteiger partial charge on any atom is 0.121 e. The summed E-state index contributed by atoms with van der Waals surface area (Å²) < 4.78 is 10.6. The van der Waals surface area contributed by atoms with Gasteiger partial charge in [0, 0.05) is 18.0 Å². The van der Waals surface area contributed by atoms with Crippen molar-refractivity contribution >= 4 is 29.1 Å². The van der Waals surface area contributed by atoms with Gasteiger partial charge in [-0.1, -0.05) is 25.1 Å². The second kappa shape index (κ2) is 10.8. The Morgan fingerprint density at radius 3 is 2.22 bits per heavy atom. The van der Waals surface area contributed by atoms with Crippen molar-refractivity contribution in [2.75, 3.05) is 35.3 Å². The van der Waals surface area contributed by atoms with E-state index in [1.54, 1.807) is 0 Å². The lowest BCUT2D eigenvalue weighted by atomic mass is 10.3. The first-order chi connectivity index (χ1) is 11.4. The van der Waals surface area contributed by atoms with E-state index in [1.165, 1.54) is 12.0 Å². The van der Waals surface area contributed by atoms with E-state index >= 15 is 0 Å².